The summed E-state index contributed by atoms with van der Waals surface area (Å²) in [6.07, 6.45) is 3.91. The quantitative estimate of drug-likeness (QED) is 0.617. The van der Waals surface area contributed by atoms with E-state index in [-0.39, 0.29) is 17.0 Å². The van der Waals surface area contributed by atoms with E-state index in [9.17, 15) is 9.59 Å². The van der Waals surface area contributed by atoms with Crippen LogP contribution in [0.25, 0.3) is 4.96 Å². The highest BCUT2D eigenvalue weighted by Gasteiger charge is 2.17. The monoisotopic (exact) mass is 412 g/mol. The molecule has 3 rings (SSSR count). The number of aromatic nitrogens is 2. The van der Waals surface area contributed by atoms with E-state index in [0.29, 0.717) is 23.6 Å². The summed E-state index contributed by atoms with van der Waals surface area (Å²) < 4.78 is 1.48. The summed E-state index contributed by atoms with van der Waals surface area (Å²) in [6.45, 7) is 9.76. The summed E-state index contributed by atoms with van der Waals surface area (Å²) >= 11 is 1.47. The van der Waals surface area contributed by atoms with Gasteiger partial charge in [0.05, 0.1) is 0 Å². The Labute approximate surface area is 175 Å². The number of rotatable bonds is 8. The first kappa shape index (κ1) is 21.2. The fraction of sp³-hybridized carbons (Fsp3) is 0.409. The van der Waals surface area contributed by atoms with Gasteiger partial charge in [-0.1, -0.05) is 30.3 Å². The Hall–Kier alpha value is -2.51. The minimum absolute atomic E-state index is 0.0761. The number of nitrogens with zero attached hydrogens (tertiary/aromatic N) is 3. The average Bonchev–Trinajstić information content (AvgIpc) is 3.09. The Morgan fingerprint density at radius 1 is 1.17 bits per heavy atom. The molecule has 29 heavy (non-hydrogen) atoms. The highest BCUT2D eigenvalue weighted by molar-refractivity contribution is 7.17. The lowest BCUT2D eigenvalue weighted by molar-refractivity contribution is 0.0937. The maximum Gasteiger partial charge on any atom is 0.271 e. The normalized spacial score (nSPS) is 11.7. The topological polar surface area (TPSA) is 66.7 Å². The van der Waals surface area contributed by atoms with Crippen molar-refractivity contribution in [2.24, 2.45) is 0 Å². The minimum Gasteiger partial charge on any atom is -0.351 e. The van der Waals surface area contributed by atoms with Crippen LogP contribution in [0.15, 0.2) is 47.5 Å². The molecule has 0 spiro atoms. The SMILES string of the molecule is CC(C)N(CCNC(=O)c1cnc2sc(Cc3ccccc3)cn2c1=O)C(C)C. The molecule has 3 aromatic rings. The third kappa shape index (κ3) is 5.10. The first-order valence-electron chi connectivity index (χ1n) is 9.94. The number of nitrogens with one attached hydrogen (secondary N) is 1. The van der Waals surface area contributed by atoms with Crippen LogP contribution in [-0.2, 0) is 6.42 Å². The smallest absolute Gasteiger partial charge is 0.271 e. The Morgan fingerprint density at radius 2 is 1.86 bits per heavy atom. The van der Waals surface area contributed by atoms with Crippen LogP contribution in [0, 0.1) is 0 Å². The van der Waals surface area contributed by atoms with Crippen molar-refractivity contribution in [3.8, 4) is 0 Å². The van der Waals surface area contributed by atoms with Crippen molar-refractivity contribution in [1.82, 2.24) is 19.6 Å². The van der Waals surface area contributed by atoms with E-state index < -0.39 is 0 Å². The zero-order chi connectivity index (χ0) is 21.0. The summed E-state index contributed by atoms with van der Waals surface area (Å²) in [5.41, 5.74) is 0.921. The molecule has 0 fully saturated rings. The van der Waals surface area contributed by atoms with Crippen molar-refractivity contribution in [2.45, 2.75) is 46.2 Å². The lowest BCUT2D eigenvalue weighted by Gasteiger charge is -2.30. The molecule has 0 saturated heterocycles. The Morgan fingerprint density at radius 3 is 2.52 bits per heavy atom. The summed E-state index contributed by atoms with van der Waals surface area (Å²) in [6, 6.07) is 10.9. The van der Waals surface area contributed by atoms with E-state index in [1.54, 1.807) is 6.20 Å². The predicted octanol–water partition coefficient (Wildman–Crippen LogP) is 3.20. The fourth-order valence-corrected chi connectivity index (χ4v) is 4.44. The second-order valence-corrected chi connectivity index (χ2v) is 8.76. The van der Waals surface area contributed by atoms with Crippen LogP contribution in [0.4, 0.5) is 0 Å². The number of carbonyl (C=O) groups excluding carboxylic acids is 1. The van der Waals surface area contributed by atoms with E-state index in [0.717, 1.165) is 17.8 Å². The van der Waals surface area contributed by atoms with Crippen LogP contribution in [-0.4, -0.2) is 45.4 Å². The van der Waals surface area contributed by atoms with Gasteiger partial charge in [-0.2, -0.15) is 0 Å². The minimum atomic E-state index is -0.375. The number of amides is 1. The molecule has 0 atom stereocenters. The van der Waals surface area contributed by atoms with Crippen LogP contribution in [0.3, 0.4) is 0 Å². The van der Waals surface area contributed by atoms with Crippen molar-refractivity contribution in [3.05, 3.63) is 69.1 Å². The van der Waals surface area contributed by atoms with Crippen molar-refractivity contribution in [3.63, 3.8) is 0 Å². The molecule has 6 nitrogen and oxygen atoms in total. The van der Waals surface area contributed by atoms with Gasteiger partial charge in [-0.15, -0.1) is 11.3 Å². The molecule has 0 unspecified atom stereocenters. The molecule has 2 aromatic heterocycles. The van der Waals surface area contributed by atoms with Gasteiger partial charge >= 0.3 is 0 Å². The number of carbonyl (C=O) groups is 1. The maximum atomic E-state index is 12.8. The standard InChI is InChI=1S/C22H28N4O2S/c1-15(2)25(16(3)4)11-10-23-20(27)19-13-24-22-26(21(19)28)14-18(29-22)12-17-8-6-5-7-9-17/h5-9,13-16H,10-12H2,1-4H3,(H,23,27). The van der Waals surface area contributed by atoms with E-state index >= 15 is 0 Å². The van der Waals surface area contributed by atoms with Crippen LogP contribution in [0.1, 0.15) is 48.5 Å². The van der Waals surface area contributed by atoms with Crippen LogP contribution < -0.4 is 10.9 Å². The molecule has 0 saturated carbocycles. The van der Waals surface area contributed by atoms with E-state index in [4.69, 9.17) is 0 Å². The first-order valence-corrected chi connectivity index (χ1v) is 10.8. The third-order valence-corrected chi connectivity index (χ3v) is 5.90. The average molecular weight is 413 g/mol. The Bertz CT molecular complexity index is 1020. The van der Waals surface area contributed by atoms with Crippen LogP contribution in [0.2, 0.25) is 0 Å². The molecule has 0 radical (unpaired) electrons. The second-order valence-electron chi connectivity index (χ2n) is 7.67. The molecule has 0 aliphatic heterocycles. The lowest BCUT2D eigenvalue weighted by atomic mass is 10.1. The molecule has 0 aliphatic rings. The van der Waals surface area contributed by atoms with Gasteiger partial charge in [0.1, 0.15) is 5.56 Å². The number of benzene rings is 1. The zero-order valence-electron chi connectivity index (χ0n) is 17.4. The van der Waals surface area contributed by atoms with Crippen molar-refractivity contribution >= 4 is 22.2 Å². The second kappa shape index (κ2) is 9.33. The highest BCUT2D eigenvalue weighted by Crippen LogP contribution is 2.18. The van der Waals surface area contributed by atoms with E-state index in [2.05, 4.69) is 55.0 Å². The molecule has 1 N–H and O–H groups in total. The summed E-state index contributed by atoms with van der Waals surface area (Å²) in [5, 5.41) is 2.86. The highest BCUT2D eigenvalue weighted by atomic mass is 32.1. The van der Waals surface area contributed by atoms with Crippen molar-refractivity contribution in [2.75, 3.05) is 13.1 Å². The Balaban J connectivity index is 1.72. The molecule has 1 amide bonds. The molecule has 0 aliphatic carbocycles. The molecular weight excluding hydrogens is 384 g/mol. The Kier molecular flexibility index (Phi) is 6.82. The fourth-order valence-electron chi connectivity index (χ4n) is 3.47. The summed E-state index contributed by atoms with van der Waals surface area (Å²) in [5.74, 6) is -0.375. The van der Waals surface area contributed by atoms with Crippen LogP contribution >= 0.6 is 11.3 Å². The third-order valence-electron chi connectivity index (χ3n) is 4.90. The molecule has 2 heterocycles. The maximum absolute atomic E-state index is 12.8. The van der Waals surface area contributed by atoms with E-state index in [1.165, 1.54) is 27.5 Å². The van der Waals surface area contributed by atoms with Gasteiger partial charge in [0.25, 0.3) is 11.5 Å². The molecular formula is C22H28N4O2S. The first-order chi connectivity index (χ1) is 13.9. The van der Waals surface area contributed by atoms with Gasteiger partial charge in [0.2, 0.25) is 0 Å². The summed E-state index contributed by atoms with van der Waals surface area (Å²) in [7, 11) is 0. The van der Waals surface area contributed by atoms with Gasteiger partial charge in [0.15, 0.2) is 4.96 Å². The van der Waals surface area contributed by atoms with Gasteiger partial charge < -0.3 is 5.32 Å². The van der Waals surface area contributed by atoms with Crippen molar-refractivity contribution < 1.29 is 4.79 Å². The predicted molar refractivity (Wildman–Crippen MR) is 118 cm³/mol. The number of hydrogen-bond donors (Lipinski definition) is 1. The largest absolute Gasteiger partial charge is 0.351 e. The summed E-state index contributed by atoms with van der Waals surface area (Å²) in [4.78, 5) is 33.6. The number of hydrogen-bond acceptors (Lipinski definition) is 5. The van der Waals surface area contributed by atoms with Crippen molar-refractivity contribution in [1.29, 1.82) is 0 Å². The number of fused-ring (bicyclic) bond motifs is 1. The van der Waals surface area contributed by atoms with E-state index in [1.807, 2.05) is 18.2 Å². The molecule has 0 bridgehead atoms. The molecule has 154 valence electrons. The number of thiazole rings is 1. The molecule has 7 heteroatoms. The zero-order valence-corrected chi connectivity index (χ0v) is 18.2. The molecule has 1 aromatic carbocycles. The van der Waals surface area contributed by atoms with Crippen LogP contribution in [0.5, 0.6) is 0 Å². The van der Waals surface area contributed by atoms with Gasteiger partial charge in [-0.25, -0.2) is 4.98 Å². The van der Waals surface area contributed by atoms with Gasteiger partial charge in [0, 0.05) is 48.9 Å². The van der Waals surface area contributed by atoms with Gasteiger partial charge in [-0.05, 0) is 33.3 Å². The lowest BCUT2D eigenvalue weighted by Crippen LogP contribution is -2.43. The van der Waals surface area contributed by atoms with Gasteiger partial charge in [-0.3, -0.25) is 18.9 Å².